The lowest BCUT2D eigenvalue weighted by molar-refractivity contribution is 0.150. The van der Waals surface area contributed by atoms with Crippen molar-refractivity contribution in [3.63, 3.8) is 0 Å². The van der Waals surface area contributed by atoms with Crippen molar-refractivity contribution in [3.8, 4) is 5.75 Å². The second-order valence-electron chi connectivity index (χ2n) is 3.08. The van der Waals surface area contributed by atoms with Crippen LogP contribution in [0.2, 0.25) is 0 Å². The Morgan fingerprint density at radius 3 is 2.53 bits per heavy atom. The number of phenolic OH excluding ortho intramolecular Hbond substituents is 1. The fraction of sp³-hybridized carbons (Fsp3) is 0.538. The highest BCUT2D eigenvalue weighted by Gasteiger charge is 2.00. The van der Waals surface area contributed by atoms with Gasteiger partial charge in [-0.1, -0.05) is 31.5 Å². The molecule has 1 aromatic rings. The van der Waals surface area contributed by atoms with Crippen molar-refractivity contribution in [1.29, 1.82) is 0 Å². The quantitative estimate of drug-likeness (QED) is 0.773. The highest BCUT2D eigenvalue weighted by Crippen LogP contribution is 2.18. The number of rotatable bonds is 4. The number of benzene rings is 1. The molecule has 0 aliphatic carbocycles. The highest BCUT2D eigenvalue weighted by atomic mass is 16.5. The molecule has 0 bridgehead atoms. The van der Waals surface area contributed by atoms with Crippen molar-refractivity contribution < 1.29 is 9.84 Å². The van der Waals surface area contributed by atoms with Crippen LogP contribution in [0.3, 0.4) is 0 Å². The van der Waals surface area contributed by atoms with Gasteiger partial charge >= 0.3 is 0 Å². The van der Waals surface area contributed by atoms with Crippen molar-refractivity contribution in [2.24, 2.45) is 0 Å². The predicted molar refractivity (Wildman–Crippen MR) is 64.4 cm³/mol. The molecule has 1 aromatic carbocycles. The summed E-state index contributed by atoms with van der Waals surface area (Å²) < 4.78 is 5.22. The van der Waals surface area contributed by atoms with E-state index in [0.29, 0.717) is 12.4 Å². The summed E-state index contributed by atoms with van der Waals surface area (Å²) in [6.45, 7) is 9.39. The zero-order valence-electron chi connectivity index (χ0n) is 10.2. The molecule has 0 amide bonds. The first-order valence-corrected chi connectivity index (χ1v) is 5.60. The van der Waals surface area contributed by atoms with Gasteiger partial charge in [-0.3, -0.25) is 0 Å². The minimum Gasteiger partial charge on any atom is -0.508 e. The standard InChI is InChI=1S/C11H16O2.C2H6/c1-3-13-7-6-10-8-9(2)4-5-11(10)12;1-2/h4-5,8,12H,3,6-7H2,1-2H3;1-2H3. The highest BCUT2D eigenvalue weighted by molar-refractivity contribution is 5.35. The third-order valence-electron chi connectivity index (χ3n) is 1.95. The predicted octanol–water partition coefficient (Wildman–Crippen LogP) is 3.31. The van der Waals surface area contributed by atoms with E-state index in [4.69, 9.17) is 4.74 Å². The summed E-state index contributed by atoms with van der Waals surface area (Å²) in [6, 6.07) is 5.63. The van der Waals surface area contributed by atoms with E-state index in [1.807, 2.05) is 39.8 Å². The second-order valence-corrected chi connectivity index (χ2v) is 3.08. The van der Waals surface area contributed by atoms with Crippen LogP contribution < -0.4 is 0 Å². The van der Waals surface area contributed by atoms with Crippen LogP contribution in [0.1, 0.15) is 31.9 Å². The summed E-state index contributed by atoms with van der Waals surface area (Å²) in [6.07, 6.45) is 0.779. The van der Waals surface area contributed by atoms with Gasteiger partial charge in [0.15, 0.2) is 0 Å². The van der Waals surface area contributed by atoms with E-state index >= 15 is 0 Å². The first kappa shape index (κ1) is 14.0. The average Bonchev–Trinajstić information content (AvgIpc) is 2.26. The molecular weight excluding hydrogens is 188 g/mol. The van der Waals surface area contributed by atoms with Crippen molar-refractivity contribution >= 4 is 0 Å². The molecule has 1 N–H and O–H groups in total. The van der Waals surface area contributed by atoms with Crippen molar-refractivity contribution in [2.45, 2.75) is 34.1 Å². The molecule has 0 heterocycles. The maximum absolute atomic E-state index is 9.48. The first-order valence-electron chi connectivity index (χ1n) is 5.60. The number of aromatic hydroxyl groups is 1. The number of hydrogen-bond acceptors (Lipinski definition) is 2. The van der Waals surface area contributed by atoms with Crippen molar-refractivity contribution in [3.05, 3.63) is 29.3 Å². The summed E-state index contributed by atoms with van der Waals surface area (Å²) in [5, 5.41) is 9.48. The summed E-state index contributed by atoms with van der Waals surface area (Å²) in [5.41, 5.74) is 2.14. The molecule has 0 spiro atoms. The molecule has 1 rings (SSSR count). The van der Waals surface area contributed by atoms with Gasteiger partial charge in [0.2, 0.25) is 0 Å². The minimum atomic E-state index is 0.366. The number of ether oxygens (including phenoxy) is 1. The molecule has 0 aliphatic rings. The molecule has 0 aliphatic heterocycles. The molecule has 0 saturated heterocycles. The van der Waals surface area contributed by atoms with Crippen LogP contribution >= 0.6 is 0 Å². The molecule has 0 atom stereocenters. The van der Waals surface area contributed by atoms with Crippen LogP contribution in [0, 0.1) is 6.92 Å². The fourth-order valence-electron chi connectivity index (χ4n) is 1.24. The van der Waals surface area contributed by atoms with Gasteiger partial charge in [0.05, 0.1) is 6.61 Å². The number of phenols is 1. The summed E-state index contributed by atoms with van der Waals surface area (Å²) >= 11 is 0. The van der Waals surface area contributed by atoms with E-state index in [-0.39, 0.29) is 0 Å². The van der Waals surface area contributed by atoms with Gasteiger partial charge in [0.1, 0.15) is 5.75 Å². The topological polar surface area (TPSA) is 29.5 Å². The summed E-state index contributed by atoms with van der Waals surface area (Å²) in [5.74, 6) is 0.366. The van der Waals surface area contributed by atoms with E-state index < -0.39 is 0 Å². The van der Waals surface area contributed by atoms with E-state index in [9.17, 15) is 5.11 Å². The lowest BCUT2D eigenvalue weighted by Crippen LogP contribution is -1.98. The maximum Gasteiger partial charge on any atom is 0.118 e. The normalized spacial score (nSPS) is 9.33. The van der Waals surface area contributed by atoms with Gasteiger partial charge in [-0.2, -0.15) is 0 Å². The number of aryl methyl sites for hydroxylation is 1. The van der Waals surface area contributed by atoms with Gasteiger partial charge in [-0.05, 0) is 31.9 Å². The Kier molecular flexibility index (Phi) is 7.74. The SMILES string of the molecule is CC.CCOCCc1cc(C)ccc1O. The largest absolute Gasteiger partial charge is 0.508 e. The number of hydrogen-bond donors (Lipinski definition) is 1. The molecule has 0 aromatic heterocycles. The van der Waals surface area contributed by atoms with Crippen LogP contribution in [-0.4, -0.2) is 18.3 Å². The molecule has 0 fully saturated rings. The summed E-state index contributed by atoms with van der Waals surface area (Å²) in [4.78, 5) is 0. The Morgan fingerprint density at radius 2 is 1.93 bits per heavy atom. The van der Waals surface area contributed by atoms with Crippen LogP contribution in [0.5, 0.6) is 5.75 Å². The van der Waals surface area contributed by atoms with E-state index in [1.54, 1.807) is 6.07 Å². The van der Waals surface area contributed by atoms with Crippen LogP contribution in [0.15, 0.2) is 18.2 Å². The summed E-state index contributed by atoms with van der Waals surface area (Å²) in [7, 11) is 0. The van der Waals surface area contributed by atoms with Gasteiger partial charge in [-0.25, -0.2) is 0 Å². The Morgan fingerprint density at radius 1 is 1.27 bits per heavy atom. The van der Waals surface area contributed by atoms with Gasteiger partial charge < -0.3 is 9.84 Å². The van der Waals surface area contributed by atoms with Crippen molar-refractivity contribution in [1.82, 2.24) is 0 Å². The molecule has 0 saturated carbocycles. The zero-order chi connectivity index (χ0) is 11.7. The third-order valence-corrected chi connectivity index (χ3v) is 1.95. The average molecular weight is 210 g/mol. The lowest BCUT2D eigenvalue weighted by atomic mass is 10.1. The molecule has 2 nitrogen and oxygen atoms in total. The van der Waals surface area contributed by atoms with Crippen LogP contribution in [0.4, 0.5) is 0 Å². The van der Waals surface area contributed by atoms with E-state index in [0.717, 1.165) is 18.6 Å². The Balaban J connectivity index is 0.000000921. The molecule has 0 unspecified atom stereocenters. The zero-order valence-corrected chi connectivity index (χ0v) is 10.2. The van der Waals surface area contributed by atoms with E-state index in [2.05, 4.69) is 0 Å². The van der Waals surface area contributed by atoms with Crippen LogP contribution in [0.25, 0.3) is 0 Å². The van der Waals surface area contributed by atoms with Crippen LogP contribution in [-0.2, 0) is 11.2 Å². The first-order chi connectivity index (χ1) is 7.24. The molecule has 0 radical (unpaired) electrons. The molecular formula is C13H22O2. The maximum atomic E-state index is 9.48. The van der Waals surface area contributed by atoms with E-state index in [1.165, 1.54) is 5.56 Å². The monoisotopic (exact) mass is 210 g/mol. The van der Waals surface area contributed by atoms with Gasteiger partial charge in [0, 0.05) is 6.61 Å². The lowest BCUT2D eigenvalue weighted by Gasteiger charge is -2.05. The van der Waals surface area contributed by atoms with Gasteiger partial charge in [-0.15, -0.1) is 0 Å². The third kappa shape index (κ3) is 5.43. The minimum absolute atomic E-state index is 0.366. The fourth-order valence-corrected chi connectivity index (χ4v) is 1.24. The molecule has 2 heteroatoms. The second kappa shape index (κ2) is 8.30. The molecule has 86 valence electrons. The smallest absolute Gasteiger partial charge is 0.118 e. The Labute approximate surface area is 92.9 Å². The van der Waals surface area contributed by atoms with Gasteiger partial charge in [0.25, 0.3) is 0 Å². The Hall–Kier alpha value is -1.02. The molecule has 15 heavy (non-hydrogen) atoms. The van der Waals surface area contributed by atoms with Crippen molar-refractivity contribution in [2.75, 3.05) is 13.2 Å². The Bertz CT molecular complexity index is 269.